The molecule has 0 saturated heterocycles. The van der Waals surface area contributed by atoms with Gasteiger partial charge < -0.3 is 9.13 Å². The molecule has 0 N–H and O–H groups in total. The fourth-order valence-electron chi connectivity index (χ4n) is 7.90. The molecule has 0 fully saturated rings. The highest BCUT2D eigenvalue weighted by molar-refractivity contribution is 6.12. The van der Waals surface area contributed by atoms with Gasteiger partial charge in [-0.2, -0.15) is 26.3 Å². The molecule has 0 atom stereocenters. The average Bonchev–Trinajstić information content (AvgIpc) is 3.66. The van der Waals surface area contributed by atoms with Gasteiger partial charge in [-0.1, -0.05) is 109 Å². The molecule has 9 aromatic rings. The zero-order valence-electron chi connectivity index (χ0n) is 27.8. The van der Waals surface area contributed by atoms with Crippen LogP contribution >= 0.6 is 0 Å². The minimum absolute atomic E-state index is 0.154. The normalized spacial score (nSPS) is 12.4. The van der Waals surface area contributed by atoms with Crippen LogP contribution < -0.4 is 0 Å². The van der Waals surface area contributed by atoms with Gasteiger partial charge in [-0.05, 0) is 36.4 Å². The summed E-state index contributed by atoms with van der Waals surface area (Å²) in [7, 11) is 0. The lowest BCUT2D eigenvalue weighted by atomic mass is 9.84. The van der Waals surface area contributed by atoms with E-state index in [2.05, 4.69) is 0 Å². The van der Waals surface area contributed by atoms with Crippen molar-refractivity contribution < 1.29 is 35.1 Å². The number of alkyl halides is 6. The predicted octanol–water partition coefficient (Wildman–Crippen LogP) is 13.5. The van der Waals surface area contributed by atoms with Crippen molar-refractivity contribution in [2.45, 2.75) is 12.4 Å². The molecule has 7 aromatic carbocycles. The van der Waals surface area contributed by atoms with Crippen LogP contribution in [-0.2, 0) is 12.4 Å². The van der Waals surface area contributed by atoms with Crippen LogP contribution in [0.1, 0.15) is 11.1 Å². The van der Waals surface area contributed by atoms with Crippen LogP contribution in [0.5, 0.6) is 0 Å². The van der Waals surface area contributed by atoms with Gasteiger partial charge in [0.15, 0.2) is 0 Å². The Morgan fingerprint density at radius 2 is 0.611 bits per heavy atom. The molecule has 0 bridgehead atoms. The third-order valence-corrected chi connectivity index (χ3v) is 9.91. The van der Waals surface area contributed by atoms with Crippen LogP contribution in [0.25, 0.3) is 77.2 Å². The Morgan fingerprint density at radius 3 is 0.907 bits per heavy atom. The number of rotatable bonds is 4. The zero-order valence-corrected chi connectivity index (χ0v) is 27.8. The monoisotopic (exact) mass is 732 g/mol. The number of para-hydroxylation sites is 4. The Kier molecular flexibility index (Phi) is 7.46. The van der Waals surface area contributed by atoms with Gasteiger partial charge >= 0.3 is 12.4 Å². The summed E-state index contributed by atoms with van der Waals surface area (Å²) >= 11 is 0. The van der Waals surface area contributed by atoms with E-state index in [1.165, 1.54) is 48.5 Å². The summed E-state index contributed by atoms with van der Waals surface area (Å²) in [6.45, 7) is 0. The molecule has 0 aliphatic heterocycles. The standard InChI is InChI=1S/C44H24F8N2/c45-31-19-7-1-17-29(31)37-39(43(47,48)49)38(30-18-2-8-20-32(30)46)42(54-35-23-11-5-15-27(35)28-16-6-12-24-36(28)54)40(44(50,51)52)41(37)53-33-21-9-3-13-25(33)26-14-4-10-22-34(26)53/h1-24H. The predicted molar refractivity (Wildman–Crippen MR) is 196 cm³/mol. The molecule has 9 rings (SSSR count). The van der Waals surface area contributed by atoms with Crippen molar-refractivity contribution >= 4 is 43.6 Å². The Morgan fingerprint density at radius 1 is 0.333 bits per heavy atom. The molecular formula is C44H24F8N2. The lowest BCUT2D eigenvalue weighted by Crippen LogP contribution is -2.23. The summed E-state index contributed by atoms with van der Waals surface area (Å²) in [6, 6.07) is 34.5. The largest absolute Gasteiger partial charge is 0.420 e. The number of aromatic nitrogens is 2. The molecular weight excluding hydrogens is 708 g/mol. The molecule has 0 unspecified atom stereocenters. The Labute approximate surface area is 301 Å². The van der Waals surface area contributed by atoms with Crippen LogP contribution in [0.2, 0.25) is 0 Å². The molecule has 0 amide bonds. The maximum Gasteiger partial charge on any atom is 0.420 e. The molecule has 2 aromatic heterocycles. The summed E-state index contributed by atoms with van der Waals surface area (Å²) in [5.74, 6) is -2.38. The fourth-order valence-corrected chi connectivity index (χ4v) is 7.90. The van der Waals surface area contributed by atoms with E-state index in [1.807, 2.05) is 0 Å². The topological polar surface area (TPSA) is 9.86 Å². The number of halogens is 8. The van der Waals surface area contributed by atoms with Crippen molar-refractivity contribution in [3.05, 3.63) is 168 Å². The lowest BCUT2D eigenvalue weighted by molar-refractivity contribution is -0.140. The molecule has 0 spiro atoms. The Bertz CT molecular complexity index is 2660. The summed E-state index contributed by atoms with van der Waals surface area (Å²) in [4.78, 5) is 0. The highest BCUT2D eigenvalue weighted by Crippen LogP contribution is 2.56. The third kappa shape index (κ3) is 4.93. The number of hydrogen-bond donors (Lipinski definition) is 0. The van der Waals surface area contributed by atoms with Crippen LogP contribution in [0.4, 0.5) is 35.1 Å². The van der Waals surface area contributed by atoms with E-state index < -0.39 is 68.7 Å². The van der Waals surface area contributed by atoms with E-state index in [0.717, 1.165) is 33.4 Å². The van der Waals surface area contributed by atoms with Gasteiger partial charge in [0.1, 0.15) is 17.2 Å². The minimum Gasteiger partial charge on any atom is -0.308 e. The van der Waals surface area contributed by atoms with Crippen LogP contribution in [-0.4, -0.2) is 9.13 Å². The summed E-state index contributed by atoms with van der Waals surface area (Å²) in [5, 5.41) is 1.86. The minimum atomic E-state index is -5.46. The first-order chi connectivity index (χ1) is 26.0. The summed E-state index contributed by atoms with van der Waals surface area (Å²) < 4.78 is 133. The third-order valence-electron chi connectivity index (χ3n) is 9.91. The maximum atomic E-state index is 16.6. The molecule has 2 nitrogen and oxygen atoms in total. The lowest BCUT2D eigenvalue weighted by Gasteiger charge is -2.31. The van der Waals surface area contributed by atoms with Crippen LogP contribution in [0, 0.1) is 11.6 Å². The van der Waals surface area contributed by atoms with E-state index in [-0.39, 0.29) is 22.1 Å². The molecule has 0 aliphatic carbocycles. The Balaban J connectivity index is 1.69. The van der Waals surface area contributed by atoms with E-state index in [0.29, 0.717) is 21.5 Å². The van der Waals surface area contributed by atoms with Gasteiger partial charge in [-0.25, -0.2) is 8.78 Å². The fraction of sp³-hybridized carbons (Fsp3) is 0.0455. The Hall–Kier alpha value is -6.42. The molecule has 0 saturated carbocycles. The van der Waals surface area contributed by atoms with Crippen molar-refractivity contribution in [1.29, 1.82) is 0 Å². The molecule has 0 aliphatic rings. The number of benzene rings is 7. The molecule has 10 heteroatoms. The highest BCUT2D eigenvalue weighted by atomic mass is 19.4. The number of fused-ring (bicyclic) bond motifs is 6. The smallest absolute Gasteiger partial charge is 0.308 e. The highest BCUT2D eigenvalue weighted by Gasteiger charge is 2.49. The summed E-state index contributed by atoms with van der Waals surface area (Å²) in [6.07, 6.45) is -10.9. The van der Waals surface area contributed by atoms with Gasteiger partial charge in [-0.3, -0.25) is 0 Å². The van der Waals surface area contributed by atoms with Crippen molar-refractivity contribution in [1.82, 2.24) is 9.13 Å². The van der Waals surface area contributed by atoms with Gasteiger partial charge in [0.05, 0.1) is 39.0 Å². The number of hydrogen-bond acceptors (Lipinski definition) is 0. The van der Waals surface area contributed by atoms with Crippen molar-refractivity contribution in [3.8, 4) is 33.6 Å². The van der Waals surface area contributed by atoms with Crippen LogP contribution in [0.3, 0.4) is 0 Å². The van der Waals surface area contributed by atoms with Crippen molar-refractivity contribution in [2.24, 2.45) is 0 Å². The van der Waals surface area contributed by atoms with E-state index in [1.54, 1.807) is 72.8 Å². The first-order valence-corrected chi connectivity index (χ1v) is 16.8. The number of nitrogens with zero attached hydrogens (tertiary/aromatic N) is 2. The second-order valence-electron chi connectivity index (χ2n) is 12.9. The zero-order chi connectivity index (χ0) is 37.5. The molecule has 2 heterocycles. The molecule has 0 radical (unpaired) electrons. The van der Waals surface area contributed by atoms with Crippen LogP contribution in [0.15, 0.2) is 146 Å². The van der Waals surface area contributed by atoms with E-state index >= 15 is 35.1 Å². The second kappa shape index (κ2) is 12.1. The SMILES string of the molecule is Fc1ccccc1-c1c(-n2c3ccccc3c3ccccc32)c(C(F)(F)F)c(-n2c3ccccc3c3ccccc32)c(-c2ccccc2F)c1C(F)(F)F. The maximum absolute atomic E-state index is 16.6. The van der Waals surface area contributed by atoms with Gasteiger partial charge in [0, 0.05) is 43.8 Å². The van der Waals surface area contributed by atoms with E-state index in [4.69, 9.17) is 0 Å². The first kappa shape index (κ1) is 33.4. The van der Waals surface area contributed by atoms with Crippen molar-refractivity contribution in [3.63, 3.8) is 0 Å². The molecule has 266 valence electrons. The van der Waals surface area contributed by atoms with Gasteiger partial charge in [0.25, 0.3) is 0 Å². The quantitative estimate of drug-likeness (QED) is 0.160. The summed E-state index contributed by atoms with van der Waals surface area (Å²) in [5.41, 5.74) is -8.05. The molecule has 54 heavy (non-hydrogen) atoms. The average molecular weight is 733 g/mol. The van der Waals surface area contributed by atoms with Gasteiger partial charge in [-0.15, -0.1) is 0 Å². The van der Waals surface area contributed by atoms with E-state index in [9.17, 15) is 0 Å². The second-order valence-corrected chi connectivity index (χ2v) is 12.9. The van der Waals surface area contributed by atoms with Crippen molar-refractivity contribution in [2.75, 3.05) is 0 Å². The first-order valence-electron chi connectivity index (χ1n) is 16.8. The van der Waals surface area contributed by atoms with Gasteiger partial charge in [0.2, 0.25) is 0 Å².